The molecule has 0 radical (unpaired) electrons. The maximum absolute atomic E-state index is 15.5. The Morgan fingerprint density at radius 1 is 1.43 bits per heavy atom. The van der Waals surface area contributed by atoms with Crippen LogP contribution in [0, 0.1) is 5.92 Å². The van der Waals surface area contributed by atoms with Gasteiger partial charge in [0.2, 0.25) is 8.41 Å². The first-order chi connectivity index (χ1) is 14.2. The van der Waals surface area contributed by atoms with Gasteiger partial charge in [-0.1, -0.05) is 28.1 Å². The molecule has 2 N–H and O–H groups in total. The lowest BCUT2D eigenvalue weighted by Gasteiger charge is -2.30. The van der Waals surface area contributed by atoms with Crippen molar-refractivity contribution in [2.75, 3.05) is 11.9 Å². The normalized spacial score (nSPS) is 28.2. The summed E-state index contributed by atoms with van der Waals surface area (Å²) in [6.07, 6.45) is 2.34. The van der Waals surface area contributed by atoms with Gasteiger partial charge in [-0.15, -0.1) is 5.10 Å². The molecule has 0 aliphatic carbocycles. The van der Waals surface area contributed by atoms with Gasteiger partial charge in [-0.25, -0.2) is 0 Å². The van der Waals surface area contributed by atoms with Gasteiger partial charge in [0.25, 0.3) is 5.91 Å². The summed E-state index contributed by atoms with van der Waals surface area (Å²) in [5.41, 5.74) is 0.674. The van der Waals surface area contributed by atoms with E-state index in [1.165, 1.54) is 0 Å². The van der Waals surface area contributed by atoms with Gasteiger partial charge in [0.15, 0.2) is 5.60 Å². The summed E-state index contributed by atoms with van der Waals surface area (Å²) in [7, 11) is -3.15. The topological polar surface area (TPSA) is 89.3 Å². The van der Waals surface area contributed by atoms with Crippen LogP contribution in [0.4, 0.5) is 9.80 Å². The van der Waals surface area contributed by atoms with E-state index in [0.717, 1.165) is 15.7 Å². The highest BCUT2D eigenvalue weighted by molar-refractivity contribution is 9.10. The number of hydrogen-bond acceptors (Lipinski definition) is 5. The van der Waals surface area contributed by atoms with Crippen molar-refractivity contribution in [3.05, 3.63) is 40.1 Å². The quantitative estimate of drug-likeness (QED) is 0.472. The molecule has 162 valence electrons. The number of aliphatic hydroxyl groups is 1. The number of fused-ring (bicyclic) bond motifs is 2. The fraction of sp³-hybridized carbons (Fsp3) is 0.550. The van der Waals surface area contributed by atoms with Crippen LogP contribution in [0.3, 0.4) is 0 Å². The van der Waals surface area contributed by atoms with Gasteiger partial charge in [-0.05, 0) is 37.7 Å². The number of ether oxygens (including phenoxy) is 1. The number of amides is 1. The molecule has 4 atom stereocenters. The standard InChI is InChI=1S/C20H26BrFN4O3Si/c1-12-18(30(2,3)22)17(6-8-26-11-14(7-9-27)24-25-26)29-20(12)15-10-13(21)4-5-16(15)23-19(20)28/h4-5,10-12,17-18,27H,6-9H2,1-3H3,(H,23,28)/t12-,17+,18-,20+/m1/s1. The summed E-state index contributed by atoms with van der Waals surface area (Å²) in [5, 5.41) is 20.1. The predicted octanol–water partition coefficient (Wildman–Crippen LogP) is 3.39. The first-order valence-electron chi connectivity index (χ1n) is 10.1. The van der Waals surface area contributed by atoms with Crippen molar-refractivity contribution in [3.63, 3.8) is 0 Å². The monoisotopic (exact) mass is 496 g/mol. The van der Waals surface area contributed by atoms with Crippen molar-refractivity contribution in [1.29, 1.82) is 0 Å². The second-order valence-electron chi connectivity index (χ2n) is 8.65. The lowest BCUT2D eigenvalue weighted by molar-refractivity contribution is -0.143. The third kappa shape index (κ3) is 3.53. The molecule has 7 nitrogen and oxygen atoms in total. The summed E-state index contributed by atoms with van der Waals surface area (Å²) in [5.74, 6) is -0.523. The molecule has 4 rings (SSSR count). The number of nitrogens with zero attached hydrogens (tertiary/aromatic N) is 3. The number of nitrogens with one attached hydrogen (secondary N) is 1. The van der Waals surface area contributed by atoms with Crippen molar-refractivity contribution in [3.8, 4) is 0 Å². The zero-order chi connectivity index (χ0) is 21.7. The van der Waals surface area contributed by atoms with Gasteiger partial charge >= 0.3 is 0 Å². The minimum atomic E-state index is -3.15. The van der Waals surface area contributed by atoms with E-state index in [0.29, 0.717) is 25.1 Å². The van der Waals surface area contributed by atoms with Crippen molar-refractivity contribution in [2.45, 2.75) is 56.7 Å². The van der Waals surface area contributed by atoms with Crippen LogP contribution in [0.25, 0.3) is 0 Å². The van der Waals surface area contributed by atoms with Crippen LogP contribution in [0.15, 0.2) is 28.9 Å². The number of aliphatic hydroxyl groups excluding tert-OH is 1. The van der Waals surface area contributed by atoms with Crippen molar-refractivity contribution < 1.29 is 18.7 Å². The summed E-state index contributed by atoms with van der Waals surface area (Å²) in [4.78, 5) is 13.1. The zero-order valence-corrected chi connectivity index (χ0v) is 19.8. The molecule has 10 heteroatoms. The molecular formula is C20H26BrFN4O3Si. The van der Waals surface area contributed by atoms with Crippen LogP contribution < -0.4 is 5.32 Å². The number of rotatable bonds is 6. The van der Waals surface area contributed by atoms with Crippen molar-refractivity contribution >= 4 is 35.9 Å². The Hall–Kier alpha value is -1.62. The molecule has 2 aliphatic rings. The van der Waals surface area contributed by atoms with E-state index in [2.05, 4.69) is 31.6 Å². The lowest BCUT2D eigenvalue weighted by atomic mass is 9.82. The number of carbonyl (C=O) groups excluding carboxylic acids is 1. The largest absolute Gasteiger partial charge is 0.396 e. The van der Waals surface area contributed by atoms with E-state index >= 15 is 4.11 Å². The number of carbonyl (C=O) groups is 1. The molecule has 0 unspecified atom stereocenters. The Kier molecular flexibility index (Phi) is 5.63. The Labute approximate surface area is 184 Å². The van der Waals surface area contributed by atoms with Crippen LogP contribution in [-0.2, 0) is 28.1 Å². The Morgan fingerprint density at radius 3 is 2.90 bits per heavy atom. The van der Waals surface area contributed by atoms with Gasteiger partial charge < -0.3 is 19.3 Å². The molecule has 0 bridgehead atoms. The fourth-order valence-corrected chi connectivity index (χ4v) is 7.95. The van der Waals surface area contributed by atoms with Gasteiger partial charge in [0, 0.05) is 53.0 Å². The number of aryl methyl sites for hydroxylation is 1. The van der Waals surface area contributed by atoms with E-state index in [-0.39, 0.29) is 24.0 Å². The first kappa shape index (κ1) is 21.6. The molecule has 2 aliphatic heterocycles. The number of benzene rings is 1. The summed E-state index contributed by atoms with van der Waals surface area (Å²) >= 11 is 3.48. The number of anilines is 1. The summed E-state index contributed by atoms with van der Waals surface area (Å²) in [6, 6.07) is 5.62. The number of hydrogen-bond donors (Lipinski definition) is 2. The van der Waals surface area contributed by atoms with E-state index in [1.54, 1.807) is 24.0 Å². The SMILES string of the molecule is C[C@@H]1[C@@H]([Si](C)(C)F)[C@H](CCn2cc(CCO)nn2)O[C@@]12C(=O)Nc1ccc(Br)cc12. The van der Waals surface area contributed by atoms with Gasteiger partial charge in [0.05, 0.1) is 11.8 Å². The molecular weight excluding hydrogens is 471 g/mol. The average Bonchev–Trinajstić information content (AvgIpc) is 3.31. The molecule has 1 aromatic heterocycles. The molecule has 0 saturated carbocycles. The van der Waals surface area contributed by atoms with Gasteiger partial charge in [0.1, 0.15) is 0 Å². The van der Waals surface area contributed by atoms with Crippen LogP contribution in [-0.4, -0.2) is 47.1 Å². The first-order valence-corrected chi connectivity index (χ1v) is 13.9. The fourth-order valence-electron chi connectivity index (χ4n) is 5.04. The second kappa shape index (κ2) is 7.81. The highest BCUT2D eigenvalue weighted by Gasteiger charge is 2.65. The minimum absolute atomic E-state index is 0.0122. The molecule has 1 saturated heterocycles. The second-order valence-corrected chi connectivity index (χ2v) is 13.4. The minimum Gasteiger partial charge on any atom is -0.396 e. The molecule has 30 heavy (non-hydrogen) atoms. The number of aromatic nitrogens is 3. The molecule has 1 aromatic carbocycles. The van der Waals surface area contributed by atoms with Crippen molar-refractivity contribution in [1.82, 2.24) is 15.0 Å². The molecule has 1 amide bonds. The highest BCUT2D eigenvalue weighted by atomic mass is 79.9. The Morgan fingerprint density at radius 2 is 2.20 bits per heavy atom. The van der Waals surface area contributed by atoms with E-state index in [9.17, 15) is 4.79 Å². The van der Waals surface area contributed by atoms with Crippen molar-refractivity contribution in [2.24, 2.45) is 5.92 Å². The third-order valence-electron chi connectivity index (χ3n) is 6.27. The molecule has 1 spiro atoms. The predicted molar refractivity (Wildman–Crippen MR) is 116 cm³/mol. The number of halogens is 2. The van der Waals surface area contributed by atoms with Crippen LogP contribution in [0.2, 0.25) is 18.6 Å². The van der Waals surface area contributed by atoms with E-state index in [4.69, 9.17) is 9.84 Å². The van der Waals surface area contributed by atoms with Crippen LogP contribution >= 0.6 is 15.9 Å². The zero-order valence-electron chi connectivity index (χ0n) is 17.2. The molecule has 1 fully saturated rings. The maximum Gasteiger partial charge on any atom is 0.261 e. The van der Waals surface area contributed by atoms with Crippen LogP contribution in [0.1, 0.15) is 24.6 Å². The molecule has 2 aromatic rings. The Balaban J connectivity index is 1.64. The van der Waals surface area contributed by atoms with Gasteiger partial charge in [-0.3, -0.25) is 9.48 Å². The summed E-state index contributed by atoms with van der Waals surface area (Å²) < 4.78 is 24.5. The molecule has 3 heterocycles. The average molecular weight is 497 g/mol. The summed E-state index contributed by atoms with van der Waals surface area (Å²) in [6.45, 7) is 5.82. The lowest BCUT2D eigenvalue weighted by Crippen LogP contribution is -2.41. The smallest absolute Gasteiger partial charge is 0.261 e. The Bertz CT molecular complexity index is 966. The van der Waals surface area contributed by atoms with E-state index < -0.39 is 20.1 Å². The van der Waals surface area contributed by atoms with E-state index in [1.807, 2.05) is 25.1 Å². The van der Waals surface area contributed by atoms with Gasteiger partial charge in [-0.2, -0.15) is 0 Å². The van der Waals surface area contributed by atoms with Crippen LogP contribution in [0.5, 0.6) is 0 Å². The highest BCUT2D eigenvalue weighted by Crippen LogP contribution is 2.59. The maximum atomic E-state index is 15.5. The third-order valence-corrected chi connectivity index (χ3v) is 9.22.